The molecule has 0 aliphatic heterocycles. The Morgan fingerprint density at radius 2 is 1.71 bits per heavy atom. The minimum Gasteiger partial charge on any atom is -0.724 e. The molecule has 7 heteroatoms. The first kappa shape index (κ1) is 11.6. The van der Waals surface area contributed by atoms with Gasteiger partial charge < -0.3 is 4.55 Å². The Balaban J connectivity index is 0. The number of hydrogen-bond acceptors (Lipinski definition) is 4. The van der Waals surface area contributed by atoms with Crippen LogP contribution in [0, 0.1) is 0 Å². The van der Waals surface area contributed by atoms with Crippen molar-refractivity contribution >= 4 is 10.4 Å². The maximum absolute atomic E-state index is 10.1. The Labute approximate surface area is 98.7 Å². The Morgan fingerprint density at radius 1 is 1.57 bits per heavy atom. The minimum absolute atomic E-state index is 0. The van der Waals surface area contributed by atoms with E-state index in [1.165, 1.54) is 0 Å². The van der Waals surface area contributed by atoms with E-state index in [9.17, 15) is 4.53 Å². The van der Waals surface area contributed by atoms with E-state index < -0.39 is 10.4 Å². The van der Waals surface area contributed by atoms with Gasteiger partial charge in [-0.2, -0.15) is 0 Å². The molecule has 0 amide bonds. The summed E-state index contributed by atoms with van der Waals surface area (Å²) in [5, 5.41) is 0. The molecule has 0 unspecified atom stereocenters. The van der Waals surface area contributed by atoms with E-state index in [4.69, 9.17) is 13.0 Å². The van der Waals surface area contributed by atoms with Gasteiger partial charge in [-0.25, -0.2) is 8.42 Å². The maximum Gasteiger partial charge on any atom is 1.00 e. The third-order valence-corrected chi connectivity index (χ3v) is 0.231. The van der Waals surface area contributed by atoms with Gasteiger partial charge in [0, 0.05) is 0 Å². The fourth-order valence-corrected chi connectivity index (χ4v) is 0. The fraction of sp³-hybridized carbons (Fsp3) is 0. The molecular weight excluding hydrogens is 248 g/mol. The fourth-order valence-electron chi connectivity index (χ4n) is 0. The summed E-state index contributed by atoms with van der Waals surface area (Å²) in [5.74, 6) is 0. The SMILES string of the molecule is O=S(=O)([O-])OF.[Cs+]. The van der Waals surface area contributed by atoms with Gasteiger partial charge in [0.1, 0.15) is 0 Å². The van der Waals surface area contributed by atoms with Crippen LogP contribution in [0.1, 0.15) is 0 Å². The molecule has 0 saturated carbocycles. The summed E-state index contributed by atoms with van der Waals surface area (Å²) in [6, 6.07) is 0. The smallest absolute Gasteiger partial charge is 0.724 e. The summed E-state index contributed by atoms with van der Waals surface area (Å²) in [4.78, 5) is 0. The Bertz CT molecular complexity index is 114. The summed E-state index contributed by atoms with van der Waals surface area (Å²) in [7, 11) is -5.08. The van der Waals surface area contributed by atoms with Crippen LogP contribution in [0.4, 0.5) is 4.53 Å². The monoisotopic (exact) mass is 248 g/mol. The zero-order valence-electron chi connectivity index (χ0n) is 3.42. The van der Waals surface area contributed by atoms with Crippen LogP contribution in [-0.2, 0) is 14.8 Å². The molecule has 0 radical (unpaired) electrons. The average Bonchev–Trinajstić information content (AvgIpc) is 1.35. The molecule has 0 bridgehead atoms. The molecule has 0 aliphatic rings. The van der Waals surface area contributed by atoms with Crippen LogP contribution < -0.4 is 68.9 Å². The quantitative estimate of drug-likeness (QED) is 0.354. The second-order valence-corrected chi connectivity index (χ2v) is 1.41. The second kappa shape index (κ2) is 4.70. The molecular formula is CsFO4S. The number of rotatable bonds is 1. The van der Waals surface area contributed by atoms with Crippen molar-refractivity contribution in [2.45, 2.75) is 0 Å². The standard InChI is InChI=1S/Cs.FHO4S/c;1-5-6(2,3)4/h;(H,2,3,4)/q+1;/p-1. The Hall–Kier alpha value is 1.85. The molecule has 7 heavy (non-hydrogen) atoms. The first-order valence-electron chi connectivity index (χ1n) is 0.821. The molecule has 0 saturated heterocycles. The zero-order valence-corrected chi connectivity index (χ0v) is 10.5. The van der Waals surface area contributed by atoms with Gasteiger partial charge in [-0.3, -0.25) is 0 Å². The number of halogens is 1. The normalized spacial score (nSPS) is 10.0. The maximum atomic E-state index is 10.1. The van der Waals surface area contributed by atoms with E-state index >= 15 is 0 Å². The summed E-state index contributed by atoms with van der Waals surface area (Å²) in [6.45, 7) is 0. The van der Waals surface area contributed by atoms with E-state index in [2.05, 4.69) is 0 Å². The molecule has 0 spiro atoms. The van der Waals surface area contributed by atoms with E-state index in [-0.39, 0.29) is 68.9 Å². The van der Waals surface area contributed by atoms with E-state index in [0.717, 1.165) is 0 Å². The molecule has 0 atom stereocenters. The van der Waals surface area contributed by atoms with Crippen molar-refractivity contribution < 1.29 is 90.8 Å². The summed E-state index contributed by atoms with van der Waals surface area (Å²) in [5.41, 5.74) is 0. The summed E-state index contributed by atoms with van der Waals surface area (Å²) in [6.07, 6.45) is 0. The van der Waals surface area contributed by atoms with Crippen LogP contribution in [0.25, 0.3) is 0 Å². The molecule has 0 aromatic rings. The van der Waals surface area contributed by atoms with E-state index in [1.807, 2.05) is 4.39 Å². The molecule has 0 aliphatic carbocycles. The van der Waals surface area contributed by atoms with Crippen molar-refractivity contribution in [2.75, 3.05) is 0 Å². The van der Waals surface area contributed by atoms with Crippen LogP contribution in [-0.4, -0.2) is 13.0 Å². The van der Waals surface area contributed by atoms with Crippen molar-refractivity contribution in [2.24, 2.45) is 0 Å². The van der Waals surface area contributed by atoms with Crippen LogP contribution in [0.15, 0.2) is 0 Å². The van der Waals surface area contributed by atoms with Gasteiger partial charge >= 0.3 is 68.9 Å². The third kappa shape index (κ3) is 11.4. The van der Waals surface area contributed by atoms with Gasteiger partial charge in [0.25, 0.3) is 0 Å². The van der Waals surface area contributed by atoms with E-state index in [1.54, 1.807) is 0 Å². The van der Waals surface area contributed by atoms with Gasteiger partial charge in [0.2, 0.25) is 10.4 Å². The molecule has 0 aromatic carbocycles. The summed E-state index contributed by atoms with van der Waals surface area (Å²) >= 11 is 0. The van der Waals surface area contributed by atoms with Crippen LogP contribution >= 0.6 is 0 Å². The van der Waals surface area contributed by atoms with Crippen molar-refractivity contribution in [1.29, 1.82) is 0 Å². The summed E-state index contributed by atoms with van der Waals surface area (Å²) < 4.78 is 38.5. The van der Waals surface area contributed by atoms with Crippen molar-refractivity contribution in [3.05, 3.63) is 0 Å². The predicted molar refractivity (Wildman–Crippen MR) is 11.9 cm³/mol. The van der Waals surface area contributed by atoms with Crippen molar-refractivity contribution in [1.82, 2.24) is 0 Å². The van der Waals surface area contributed by atoms with Crippen LogP contribution in [0.3, 0.4) is 0 Å². The molecule has 0 N–H and O–H groups in total. The zero-order chi connectivity index (χ0) is 5.21. The van der Waals surface area contributed by atoms with Gasteiger partial charge in [-0.05, 0) is 4.53 Å². The van der Waals surface area contributed by atoms with Crippen LogP contribution in [0.5, 0.6) is 0 Å². The van der Waals surface area contributed by atoms with Gasteiger partial charge in [-0.1, -0.05) is 4.39 Å². The van der Waals surface area contributed by atoms with E-state index in [0.29, 0.717) is 0 Å². The van der Waals surface area contributed by atoms with Crippen molar-refractivity contribution in [3.8, 4) is 0 Å². The van der Waals surface area contributed by atoms with Gasteiger partial charge in [-0.15, -0.1) is 0 Å². The third-order valence-electron chi connectivity index (χ3n) is 0.0772. The molecule has 38 valence electrons. The molecule has 0 heterocycles. The molecule has 0 fully saturated rings. The first-order valence-corrected chi connectivity index (χ1v) is 2.15. The molecule has 0 rings (SSSR count). The molecule has 4 nitrogen and oxygen atoms in total. The average molecular weight is 248 g/mol. The number of hydrogen-bond donors (Lipinski definition) is 0. The van der Waals surface area contributed by atoms with Gasteiger partial charge in [0.15, 0.2) is 0 Å². The Morgan fingerprint density at radius 3 is 1.71 bits per heavy atom. The Kier molecular flexibility index (Phi) is 7.81. The second-order valence-electron chi connectivity index (χ2n) is 0.471. The molecule has 0 aromatic heterocycles. The van der Waals surface area contributed by atoms with Gasteiger partial charge in [0.05, 0.1) is 0 Å². The van der Waals surface area contributed by atoms with Crippen molar-refractivity contribution in [3.63, 3.8) is 0 Å². The predicted octanol–water partition coefficient (Wildman–Crippen LogP) is -3.65. The van der Waals surface area contributed by atoms with Crippen LogP contribution in [0.2, 0.25) is 0 Å². The largest absolute Gasteiger partial charge is 1.00 e. The topological polar surface area (TPSA) is 66.4 Å². The minimum atomic E-state index is -5.08. The first-order chi connectivity index (χ1) is 2.56.